The quantitative estimate of drug-likeness (QED) is 0.195. The van der Waals surface area contributed by atoms with Crippen molar-refractivity contribution >= 4 is 40.7 Å². The lowest BCUT2D eigenvalue weighted by atomic mass is 9.77. The number of fused-ring (bicyclic) bond motifs is 6. The fraction of sp³-hybridized carbons (Fsp3) is 0.457. The number of imidazole rings is 1. The number of carbonyl (C=O) groups excluding carboxylic acids is 1. The first-order chi connectivity index (χ1) is 21.1. The van der Waals surface area contributed by atoms with Crippen LogP contribution in [0.5, 0.6) is 5.75 Å². The third-order valence-electron chi connectivity index (χ3n) is 10.2. The molecule has 8 nitrogen and oxygen atoms in total. The first-order valence-electron chi connectivity index (χ1n) is 15.8. The predicted molar refractivity (Wildman–Crippen MR) is 173 cm³/mol. The van der Waals surface area contributed by atoms with Crippen molar-refractivity contribution in [2.75, 3.05) is 20.3 Å². The maximum atomic E-state index is 12.2. The molecule has 2 atom stereocenters. The molecule has 0 saturated carbocycles. The molecule has 44 heavy (non-hydrogen) atoms. The van der Waals surface area contributed by atoms with E-state index in [1.54, 1.807) is 7.11 Å². The zero-order valence-corrected chi connectivity index (χ0v) is 26.5. The fourth-order valence-corrected chi connectivity index (χ4v) is 6.89. The van der Waals surface area contributed by atoms with E-state index in [-0.39, 0.29) is 23.2 Å². The molecular weight excluding hydrogens is 553 g/mol. The van der Waals surface area contributed by atoms with Crippen LogP contribution < -0.4 is 10.2 Å². The van der Waals surface area contributed by atoms with Crippen LogP contribution in [-0.4, -0.2) is 59.7 Å². The summed E-state index contributed by atoms with van der Waals surface area (Å²) in [6.45, 7) is 12.4. The first kappa shape index (κ1) is 29.5. The average Bonchev–Trinajstić information content (AvgIpc) is 3.71. The van der Waals surface area contributed by atoms with Crippen LogP contribution in [0.25, 0.3) is 32.9 Å². The molecule has 3 aromatic carbocycles. The van der Waals surface area contributed by atoms with Crippen molar-refractivity contribution in [3.63, 3.8) is 0 Å². The number of H-pyrrole nitrogens is 1. The summed E-state index contributed by atoms with van der Waals surface area (Å²) < 4.78 is 24.2. The van der Waals surface area contributed by atoms with Crippen molar-refractivity contribution in [2.45, 2.75) is 77.7 Å². The van der Waals surface area contributed by atoms with Gasteiger partial charge in [-0.05, 0) is 93.1 Å². The highest BCUT2D eigenvalue weighted by Crippen LogP contribution is 2.43. The van der Waals surface area contributed by atoms with Gasteiger partial charge in [-0.1, -0.05) is 31.2 Å². The fourth-order valence-electron chi connectivity index (χ4n) is 6.89. The number of ether oxygens (including phenoxy) is 2. The van der Waals surface area contributed by atoms with Gasteiger partial charge in [0, 0.05) is 31.2 Å². The van der Waals surface area contributed by atoms with E-state index >= 15 is 0 Å². The minimum atomic E-state index is -0.407. The van der Waals surface area contributed by atoms with Gasteiger partial charge in [-0.3, -0.25) is 4.90 Å². The molecule has 229 valence electrons. The Morgan fingerprint density at radius 1 is 1.14 bits per heavy atom. The molecule has 1 radical (unpaired) electrons. The molecule has 7 rings (SSSR count). The van der Waals surface area contributed by atoms with Gasteiger partial charge in [0.15, 0.2) is 0 Å². The molecule has 1 aromatic heterocycles. The topological polar surface area (TPSA) is 85.9 Å². The molecule has 3 aliphatic rings. The molecular formula is C35H41BN3O5. The van der Waals surface area contributed by atoms with Crippen molar-refractivity contribution in [2.24, 2.45) is 5.92 Å². The van der Waals surface area contributed by atoms with Crippen molar-refractivity contribution in [3.05, 3.63) is 59.9 Å². The Labute approximate surface area is 259 Å². The predicted octanol–water partition coefficient (Wildman–Crippen LogP) is 6.12. The van der Waals surface area contributed by atoms with E-state index in [9.17, 15) is 4.79 Å². The molecule has 1 N–H and O–H groups in total. The maximum absolute atomic E-state index is 12.2. The number of methoxy groups -OCH3 is 1. The number of hydrogen-bond acceptors (Lipinski definition) is 7. The first-order valence-corrected chi connectivity index (χ1v) is 15.8. The Morgan fingerprint density at radius 3 is 2.68 bits per heavy atom. The zero-order chi connectivity index (χ0) is 30.8. The molecule has 0 bridgehead atoms. The number of hydrogen-bond donors (Lipinski definition) is 1. The number of aromatic amines is 1. The van der Waals surface area contributed by atoms with Crippen LogP contribution >= 0.6 is 0 Å². The summed E-state index contributed by atoms with van der Waals surface area (Å²) in [7, 11) is 1.29. The molecule has 2 unspecified atom stereocenters. The van der Waals surface area contributed by atoms with Gasteiger partial charge in [-0.2, -0.15) is 0 Å². The summed E-state index contributed by atoms with van der Waals surface area (Å²) in [5.74, 6) is 1.89. The van der Waals surface area contributed by atoms with Gasteiger partial charge in [0.1, 0.15) is 30.5 Å². The van der Waals surface area contributed by atoms with Crippen LogP contribution in [0.2, 0.25) is 0 Å². The van der Waals surface area contributed by atoms with E-state index in [0.29, 0.717) is 13.2 Å². The van der Waals surface area contributed by atoms with Gasteiger partial charge in [0.05, 0.1) is 28.3 Å². The third kappa shape index (κ3) is 4.85. The van der Waals surface area contributed by atoms with Crippen molar-refractivity contribution in [3.8, 4) is 16.9 Å². The minimum Gasteiger partial charge on any atom is -0.488 e. The van der Waals surface area contributed by atoms with E-state index in [2.05, 4.69) is 87.0 Å². The Morgan fingerprint density at radius 2 is 1.93 bits per heavy atom. The Balaban J connectivity index is 1.20. The highest BCUT2D eigenvalue weighted by Gasteiger charge is 2.51. The molecule has 0 aliphatic carbocycles. The second kappa shape index (κ2) is 11.0. The van der Waals surface area contributed by atoms with Gasteiger partial charge < -0.3 is 28.6 Å². The normalized spacial score (nSPS) is 21.5. The summed E-state index contributed by atoms with van der Waals surface area (Å²) in [5, 5.41) is 2.20. The Kier molecular flexibility index (Phi) is 7.36. The number of nitrogens with zero attached hydrogens (tertiary/aromatic N) is 2. The van der Waals surface area contributed by atoms with Crippen molar-refractivity contribution in [1.29, 1.82) is 0 Å². The molecule has 2 saturated heterocycles. The lowest BCUT2D eigenvalue weighted by molar-refractivity contribution is -0.109. The molecule has 3 aliphatic heterocycles. The van der Waals surface area contributed by atoms with Gasteiger partial charge in [-0.25, -0.2) is 4.98 Å². The smallest absolute Gasteiger partial charge is 0.488 e. The second-order valence-corrected chi connectivity index (χ2v) is 13.5. The number of rotatable bonds is 8. The highest BCUT2D eigenvalue weighted by atomic mass is 16.7. The number of likely N-dealkylation sites (tertiary alicyclic amines) is 1. The number of aldehydes is 1. The lowest BCUT2D eigenvalue weighted by Crippen LogP contribution is -2.41. The van der Waals surface area contributed by atoms with Gasteiger partial charge in [0.25, 0.3) is 0 Å². The summed E-state index contributed by atoms with van der Waals surface area (Å²) >= 11 is 0. The SMILES string of the molecule is COCCC(C)[C](C=O)N1CCCC1c1nc2ccc3cc4c(cc3c2[nH]1)OCc1cc(B2OC(C)(C)C(C)(C)O2)ccc1-4. The third-order valence-corrected chi connectivity index (χ3v) is 10.2. The van der Waals surface area contributed by atoms with Gasteiger partial charge in [0.2, 0.25) is 0 Å². The van der Waals surface area contributed by atoms with Crippen LogP contribution in [0, 0.1) is 12.0 Å². The van der Waals surface area contributed by atoms with Crippen LogP contribution in [0.1, 0.15) is 71.3 Å². The number of benzene rings is 3. The number of nitrogens with one attached hydrogen (secondary N) is 1. The monoisotopic (exact) mass is 594 g/mol. The number of aromatic nitrogens is 2. The van der Waals surface area contributed by atoms with Crippen molar-refractivity contribution in [1.82, 2.24) is 14.9 Å². The Hall–Kier alpha value is -3.24. The van der Waals surface area contributed by atoms with E-state index < -0.39 is 7.12 Å². The molecule has 4 heterocycles. The summed E-state index contributed by atoms with van der Waals surface area (Å²) in [5.41, 5.74) is 5.52. The zero-order valence-electron chi connectivity index (χ0n) is 26.5. The summed E-state index contributed by atoms with van der Waals surface area (Å²) in [6.07, 6.45) is 3.81. The molecule has 0 amide bonds. The van der Waals surface area contributed by atoms with E-state index in [1.165, 1.54) is 5.56 Å². The van der Waals surface area contributed by atoms with Crippen LogP contribution in [-0.2, 0) is 25.4 Å². The lowest BCUT2D eigenvalue weighted by Gasteiger charge is -2.32. The summed E-state index contributed by atoms with van der Waals surface area (Å²) in [4.78, 5) is 23.1. The standard InChI is InChI=1S/C35H41BN3O5/c1-21(13-15-41-6)30(19-40)39-14-7-8-29(39)33-37-28-12-9-22-17-27-25-11-10-24(36-43-34(2,3)35(4,5)44-36)16-23(25)20-42-31(27)18-26(22)32(28)38-33/h9-12,16-19,21,29H,7-8,13-15,20H2,1-6H3,(H,37,38). The van der Waals surface area contributed by atoms with Crippen LogP contribution in [0.3, 0.4) is 0 Å². The number of carbonyl (C=O) groups is 1. The van der Waals surface area contributed by atoms with Gasteiger partial charge in [-0.15, -0.1) is 0 Å². The van der Waals surface area contributed by atoms with E-state index in [0.717, 1.165) is 88.1 Å². The van der Waals surface area contributed by atoms with Crippen molar-refractivity contribution < 1.29 is 23.6 Å². The minimum absolute atomic E-state index is 0.0431. The highest BCUT2D eigenvalue weighted by molar-refractivity contribution is 6.62. The van der Waals surface area contributed by atoms with Crippen LogP contribution in [0.4, 0.5) is 0 Å². The van der Waals surface area contributed by atoms with Gasteiger partial charge >= 0.3 is 7.12 Å². The second-order valence-electron chi connectivity index (χ2n) is 13.5. The molecule has 2 fully saturated rings. The van der Waals surface area contributed by atoms with Crippen LogP contribution in [0.15, 0.2) is 42.5 Å². The Bertz CT molecular complexity index is 1720. The average molecular weight is 595 g/mol. The largest absolute Gasteiger partial charge is 0.494 e. The maximum Gasteiger partial charge on any atom is 0.494 e. The molecule has 0 spiro atoms. The van der Waals surface area contributed by atoms with E-state index in [1.807, 2.05) is 0 Å². The molecule has 4 aromatic rings. The molecule has 9 heteroatoms. The van der Waals surface area contributed by atoms with E-state index in [4.69, 9.17) is 23.8 Å². The summed E-state index contributed by atoms with van der Waals surface area (Å²) in [6, 6.07) is 15.9.